The first-order chi connectivity index (χ1) is 12.5. The number of amides is 1. The number of hydrogen-bond acceptors (Lipinski definition) is 5. The zero-order valence-corrected chi connectivity index (χ0v) is 13.5. The molecule has 0 aliphatic carbocycles. The number of nitrogens with one attached hydrogen (secondary N) is 1. The first-order valence-electron chi connectivity index (χ1n) is 7.54. The number of carbonyl (C=O) groups is 3. The lowest BCUT2D eigenvalue weighted by atomic mass is 10.1. The summed E-state index contributed by atoms with van der Waals surface area (Å²) in [6, 6.07) is 11.2. The molecule has 6 nitrogen and oxygen atoms in total. The minimum atomic E-state index is -1.17. The maximum atomic E-state index is 13.0. The molecule has 2 rings (SSSR count). The standard InChI is InChI=1S/C18H15F2NO5/c19-14-7-6-12(8-15(14)20)16(22)10-26-18(24)9-21-17(23)11-25-13-4-2-1-3-5-13/h1-8H,9-11H2,(H,21,23). The van der Waals surface area contributed by atoms with Crippen LogP contribution in [0.5, 0.6) is 5.75 Å². The van der Waals surface area contributed by atoms with Crippen molar-refractivity contribution < 1.29 is 32.6 Å². The van der Waals surface area contributed by atoms with Crippen LogP contribution in [0.2, 0.25) is 0 Å². The van der Waals surface area contributed by atoms with Crippen LogP contribution in [0.3, 0.4) is 0 Å². The van der Waals surface area contributed by atoms with E-state index in [9.17, 15) is 23.2 Å². The van der Waals surface area contributed by atoms with Gasteiger partial charge in [-0.3, -0.25) is 14.4 Å². The van der Waals surface area contributed by atoms with E-state index in [1.54, 1.807) is 30.3 Å². The first-order valence-corrected chi connectivity index (χ1v) is 7.54. The predicted octanol–water partition coefficient (Wildman–Crippen LogP) is 1.89. The Balaban J connectivity index is 1.68. The van der Waals surface area contributed by atoms with Crippen LogP contribution in [0.15, 0.2) is 48.5 Å². The Bertz CT molecular complexity index is 795. The summed E-state index contributed by atoms with van der Waals surface area (Å²) in [6.45, 7) is -1.40. The first kappa shape index (κ1) is 19.0. The van der Waals surface area contributed by atoms with Crippen molar-refractivity contribution in [3.05, 3.63) is 65.7 Å². The van der Waals surface area contributed by atoms with Crippen molar-refractivity contribution in [2.75, 3.05) is 19.8 Å². The van der Waals surface area contributed by atoms with Gasteiger partial charge in [-0.1, -0.05) is 18.2 Å². The average molecular weight is 363 g/mol. The molecule has 0 bridgehead atoms. The Morgan fingerprint density at radius 2 is 1.65 bits per heavy atom. The fourth-order valence-corrected chi connectivity index (χ4v) is 1.84. The molecule has 0 aliphatic heterocycles. The van der Waals surface area contributed by atoms with Crippen LogP contribution in [0.4, 0.5) is 8.78 Å². The number of hydrogen-bond donors (Lipinski definition) is 1. The number of para-hydroxylation sites is 1. The molecule has 1 N–H and O–H groups in total. The fraction of sp³-hybridized carbons (Fsp3) is 0.167. The summed E-state index contributed by atoms with van der Waals surface area (Å²) in [7, 11) is 0. The lowest BCUT2D eigenvalue weighted by molar-refractivity contribution is -0.143. The molecular formula is C18H15F2NO5. The van der Waals surface area contributed by atoms with E-state index in [0.717, 1.165) is 12.1 Å². The molecule has 0 fully saturated rings. The number of benzene rings is 2. The highest BCUT2D eigenvalue weighted by molar-refractivity contribution is 5.98. The largest absolute Gasteiger partial charge is 0.484 e. The Morgan fingerprint density at radius 3 is 2.35 bits per heavy atom. The van der Waals surface area contributed by atoms with E-state index in [2.05, 4.69) is 10.1 Å². The summed E-state index contributed by atoms with van der Waals surface area (Å²) in [4.78, 5) is 34.8. The molecule has 26 heavy (non-hydrogen) atoms. The maximum absolute atomic E-state index is 13.0. The number of ether oxygens (including phenoxy) is 2. The van der Waals surface area contributed by atoms with Gasteiger partial charge in [-0.15, -0.1) is 0 Å². The maximum Gasteiger partial charge on any atom is 0.325 e. The van der Waals surface area contributed by atoms with Crippen LogP contribution < -0.4 is 10.1 Å². The lowest BCUT2D eigenvalue weighted by Crippen LogP contribution is -2.34. The van der Waals surface area contributed by atoms with Gasteiger partial charge in [0, 0.05) is 5.56 Å². The van der Waals surface area contributed by atoms with Crippen LogP contribution in [-0.4, -0.2) is 37.4 Å². The summed E-state index contributed by atoms with van der Waals surface area (Å²) in [5, 5.41) is 2.27. The second-order valence-electron chi connectivity index (χ2n) is 5.09. The SMILES string of the molecule is O=C(COc1ccccc1)NCC(=O)OCC(=O)c1ccc(F)c(F)c1. The monoisotopic (exact) mass is 363 g/mol. The summed E-state index contributed by atoms with van der Waals surface area (Å²) in [5.41, 5.74) is -0.128. The van der Waals surface area contributed by atoms with E-state index in [4.69, 9.17) is 4.74 Å². The zero-order chi connectivity index (χ0) is 18.9. The second-order valence-corrected chi connectivity index (χ2v) is 5.09. The smallest absolute Gasteiger partial charge is 0.325 e. The van der Waals surface area contributed by atoms with Crippen molar-refractivity contribution >= 4 is 17.7 Å². The van der Waals surface area contributed by atoms with Crippen LogP contribution in [0.25, 0.3) is 0 Å². The van der Waals surface area contributed by atoms with E-state index < -0.39 is 42.4 Å². The van der Waals surface area contributed by atoms with Crippen LogP contribution in [-0.2, 0) is 14.3 Å². The van der Waals surface area contributed by atoms with Gasteiger partial charge in [0.2, 0.25) is 0 Å². The van der Waals surface area contributed by atoms with Gasteiger partial charge in [-0.05, 0) is 30.3 Å². The lowest BCUT2D eigenvalue weighted by Gasteiger charge is -2.08. The minimum Gasteiger partial charge on any atom is -0.484 e. The van der Waals surface area contributed by atoms with Gasteiger partial charge in [0.25, 0.3) is 5.91 Å². The van der Waals surface area contributed by atoms with Gasteiger partial charge in [0.15, 0.2) is 30.6 Å². The second kappa shape index (κ2) is 9.26. The van der Waals surface area contributed by atoms with Crippen molar-refractivity contribution in [1.29, 1.82) is 0 Å². The third-order valence-corrected chi connectivity index (χ3v) is 3.15. The van der Waals surface area contributed by atoms with Gasteiger partial charge in [-0.25, -0.2) is 8.78 Å². The molecular weight excluding hydrogens is 348 g/mol. The molecule has 0 saturated heterocycles. The van der Waals surface area contributed by atoms with E-state index in [0.29, 0.717) is 11.8 Å². The third-order valence-electron chi connectivity index (χ3n) is 3.15. The van der Waals surface area contributed by atoms with Crippen molar-refractivity contribution in [1.82, 2.24) is 5.32 Å². The number of rotatable bonds is 8. The van der Waals surface area contributed by atoms with Crippen molar-refractivity contribution in [2.24, 2.45) is 0 Å². The quantitative estimate of drug-likeness (QED) is 0.572. The van der Waals surface area contributed by atoms with E-state index in [-0.39, 0.29) is 12.2 Å². The molecule has 0 atom stereocenters. The number of Topliss-reactive ketones (excluding diaryl/α,β-unsaturated/α-hetero) is 1. The van der Waals surface area contributed by atoms with Gasteiger partial charge in [0.1, 0.15) is 12.3 Å². The topological polar surface area (TPSA) is 81.7 Å². The van der Waals surface area contributed by atoms with E-state index >= 15 is 0 Å². The third kappa shape index (κ3) is 5.97. The number of carbonyl (C=O) groups excluding carboxylic acids is 3. The summed E-state index contributed by atoms with van der Waals surface area (Å²) in [6.07, 6.45) is 0. The average Bonchev–Trinajstić information content (AvgIpc) is 2.65. The minimum absolute atomic E-state index is 0.128. The Labute approximate surface area is 147 Å². The molecule has 2 aromatic rings. The van der Waals surface area contributed by atoms with E-state index in [1.165, 1.54) is 0 Å². The molecule has 1 amide bonds. The van der Waals surface area contributed by atoms with Crippen molar-refractivity contribution in [3.8, 4) is 5.75 Å². The highest BCUT2D eigenvalue weighted by Crippen LogP contribution is 2.09. The molecule has 0 aromatic heterocycles. The molecule has 8 heteroatoms. The highest BCUT2D eigenvalue weighted by atomic mass is 19.2. The van der Waals surface area contributed by atoms with Crippen molar-refractivity contribution in [2.45, 2.75) is 0 Å². The molecule has 0 radical (unpaired) electrons. The van der Waals surface area contributed by atoms with E-state index in [1.807, 2.05) is 0 Å². The number of ketones is 1. The normalized spacial score (nSPS) is 10.1. The molecule has 0 aliphatic rings. The summed E-state index contributed by atoms with van der Waals surface area (Å²) >= 11 is 0. The van der Waals surface area contributed by atoms with Crippen LogP contribution >= 0.6 is 0 Å². The molecule has 0 spiro atoms. The van der Waals surface area contributed by atoms with Gasteiger partial charge in [-0.2, -0.15) is 0 Å². The summed E-state index contributed by atoms with van der Waals surface area (Å²) < 4.78 is 35.7. The van der Waals surface area contributed by atoms with Gasteiger partial charge >= 0.3 is 5.97 Å². The van der Waals surface area contributed by atoms with Gasteiger partial charge in [0.05, 0.1) is 0 Å². The summed E-state index contributed by atoms with van der Waals surface area (Å²) in [5.74, 6) is -3.85. The molecule has 2 aromatic carbocycles. The zero-order valence-electron chi connectivity index (χ0n) is 13.5. The Kier molecular flexibility index (Phi) is 6.78. The Morgan fingerprint density at radius 1 is 0.923 bits per heavy atom. The fourth-order valence-electron chi connectivity index (χ4n) is 1.84. The molecule has 0 saturated carbocycles. The number of esters is 1. The van der Waals surface area contributed by atoms with Crippen LogP contribution in [0.1, 0.15) is 10.4 Å². The van der Waals surface area contributed by atoms with Gasteiger partial charge < -0.3 is 14.8 Å². The van der Waals surface area contributed by atoms with Crippen LogP contribution in [0, 0.1) is 11.6 Å². The number of halogens is 2. The van der Waals surface area contributed by atoms with Crippen molar-refractivity contribution in [3.63, 3.8) is 0 Å². The predicted molar refractivity (Wildman–Crippen MR) is 86.6 cm³/mol. The molecule has 136 valence electrons. The molecule has 0 heterocycles. The Hall–Kier alpha value is -3.29. The molecule has 0 unspecified atom stereocenters. The highest BCUT2D eigenvalue weighted by Gasteiger charge is 2.13.